The van der Waals surface area contributed by atoms with Gasteiger partial charge in [0, 0.05) is 0 Å². The van der Waals surface area contributed by atoms with E-state index in [0.717, 1.165) is 22.4 Å². The number of hydrogen-bond acceptors (Lipinski definition) is 5. The van der Waals surface area contributed by atoms with Crippen LogP contribution in [0.4, 0.5) is 0 Å². The van der Waals surface area contributed by atoms with E-state index in [-0.39, 0.29) is 5.91 Å². The number of methoxy groups -OCH3 is 1. The van der Waals surface area contributed by atoms with Gasteiger partial charge < -0.3 is 10.5 Å². The van der Waals surface area contributed by atoms with Crippen molar-refractivity contribution in [2.24, 2.45) is 5.73 Å². The van der Waals surface area contributed by atoms with Crippen LogP contribution in [0, 0.1) is 6.92 Å². The molecule has 0 aliphatic carbocycles. The number of carbonyl (C=O) groups excluding carboxylic acids is 1. The fourth-order valence-electron chi connectivity index (χ4n) is 2.48. The van der Waals surface area contributed by atoms with Crippen LogP contribution in [0.1, 0.15) is 22.9 Å². The highest BCUT2D eigenvalue weighted by atomic mass is 32.2. The summed E-state index contributed by atoms with van der Waals surface area (Å²) in [6.45, 7) is 2.01. The predicted octanol–water partition coefficient (Wildman–Crippen LogP) is 3.86. The molecule has 2 aromatic carbocycles. The largest absolute Gasteiger partial charge is 0.497 e. The van der Waals surface area contributed by atoms with E-state index in [1.165, 1.54) is 16.7 Å². The fraction of sp³-hybridized carbons (Fsp3) is 0.158. The quantitative estimate of drug-likeness (QED) is 0.654. The van der Waals surface area contributed by atoms with Crippen molar-refractivity contribution in [3.8, 4) is 5.75 Å². The van der Waals surface area contributed by atoms with Gasteiger partial charge in [0.05, 0.1) is 12.0 Å². The number of benzene rings is 2. The van der Waals surface area contributed by atoms with Gasteiger partial charge in [0.1, 0.15) is 16.2 Å². The Labute approximate surface area is 156 Å². The van der Waals surface area contributed by atoms with Gasteiger partial charge in [-0.2, -0.15) is 0 Å². The normalized spacial score (nSPS) is 17.2. The van der Waals surface area contributed by atoms with Crippen molar-refractivity contribution >= 4 is 40.3 Å². The molecule has 1 fully saturated rings. The lowest BCUT2D eigenvalue weighted by atomic mass is 10.1. The van der Waals surface area contributed by atoms with Gasteiger partial charge in [-0.1, -0.05) is 65.9 Å². The minimum atomic E-state index is -0.588. The molecule has 0 aromatic heterocycles. The van der Waals surface area contributed by atoms with Crippen molar-refractivity contribution in [2.75, 3.05) is 7.11 Å². The van der Waals surface area contributed by atoms with Crippen LogP contribution in [0.5, 0.6) is 5.75 Å². The maximum absolute atomic E-state index is 12.8. The highest BCUT2D eigenvalue weighted by molar-refractivity contribution is 8.26. The SMILES string of the molecule is COc1ccc(/C=C2\SC(=S)N(C(N)c3ccc(C)cc3)C2=O)cc1. The van der Waals surface area contributed by atoms with E-state index >= 15 is 0 Å². The van der Waals surface area contributed by atoms with Crippen molar-refractivity contribution in [2.45, 2.75) is 13.1 Å². The molecular weight excluding hydrogens is 352 g/mol. The molecule has 1 heterocycles. The molecule has 25 heavy (non-hydrogen) atoms. The average molecular weight is 370 g/mol. The van der Waals surface area contributed by atoms with Crippen LogP contribution in [0.2, 0.25) is 0 Å². The third-order valence-corrected chi connectivity index (χ3v) is 5.26. The number of amides is 1. The van der Waals surface area contributed by atoms with E-state index in [0.29, 0.717) is 9.23 Å². The predicted molar refractivity (Wildman–Crippen MR) is 106 cm³/mol. The van der Waals surface area contributed by atoms with E-state index in [1.807, 2.05) is 61.5 Å². The number of hydrogen-bond donors (Lipinski definition) is 1. The summed E-state index contributed by atoms with van der Waals surface area (Å²) in [5.74, 6) is 0.602. The number of carbonyl (C=O) groups is 1. The molecule has 0 spiro atoms. The minimum Gasteiger partial charge on any atom is -0.497 e. The van der Waals surface area contributed by atoms with Crippen molar-refractivity contribution in [1.29, 1.82) is 0 Å². The second kappa shape index (κ2) is 7.39. The highest BCUT2D eigenvalue weighted by Gasteiger charge is 2.36. The summed E-state index contributed by atoms with van der Waals surface area (Å²) in [5.41, 5.74) is 9.19. The molecule has 0 radical (unpaired) electrons. The molecule has 1 unspecified atom stereocenters. The van der Waals surface area contributed by atoms with Crippen LogP contribution in [-0.2, 0) is 4.79 Å². The molecule has 4 nitrogen and oxygen atoms in total. The zero-order valence-electron chi connectivity index (χ0n) is 13.9. The Kier molecular flexibility index (Phi) is 5.22. The average Bonchev–Trinajstić information content (AvgIpc) is 2.89. The minimum absolute atomic E-state index is 0.168. The van der Waals surface area contributed by atoms with Gasteiger partial charge >= 0.3 is 0 Å². The molecule has 1 aliphatic heterocycles. The van der Waals surface area contributed by atoms with E-state index in [4.69, 9.17) is 22.7 Å². The van der Waals surface area contributed by atoms with Gasteiger partial charge in [-0.25, -0.2) is 0 Å². The number of aryl methyl sites for hydroxylation is 1. The van der Waals surface area contributed by atoms with Crippen molar-refractivity contribution in [3.63, 3.8) is 0 Å². The number of thiocarbonyl (C=S) groups is 1. The lowest BCUT2D eigenvalue weighted by Crippen LogP contribution is -2.37. The summed E-state index contributed by atoms with van der Waals surface area (Å²) in [7, 11) is 1.62. The first kappa shape index (κ1) is 17.7. The standard InChI is InChI=1S/C19H18N2O2S2/c1-12-3-7-14(8-4-12)17(20)21-18(22)16(25-19(21)24)11-13-5-9-15(23-2)10-6-13/h3-11,17H,20H2,1-2H3/b16-11-. The Morgan fingerprint density at radius 2 is 1.80 bits per heavy atom. The lowest BCUT2D eigenvalue weighted by molar-refractivity contribution is -0.123. The van der Waals surface area contributed by atoms with E-state index in [9.17, 15) is 4.79 Å². The zero-order valence-corrected chi connectivity index (χ0v) is 15.6. The first-order chi connectivity index (χ1) is 12.0. The van der Waals surface area contributed by atoms with Crippen LogP contribution >= 0.6 is 24.0 Å². The summed E-state index contributed by atoms with van der Waals surface area (Å²) >= 11 is 6.65. The molecule has 1 amide bonds. The van der Waals surface area contributed by atoms with Crippen molar-refractivity contribution in [1.82, 2.24) is 4.90 Å². The van der Waals surface area contributed by atoms with Crippen LogP contribution in [0.25, 0.3) is 6.08 Å². The van der Waals surface area contributed by atoms with Crippen molar-refractivity contribution in [3.05, 3.63) is 70.1 Å². The summed E-state index contributed by atoms with van der Waals surface area (Å²) in [6.07, 6.45) is 1.23. The maximum Gasteiger partial charge on any atom is 0.267 e. The molecule has 1 aliphatic rings. The number of thioether (sulfide) groups is 1. The first-order valence-electron chi connectivity index (χ1n) is 7.73. The molecule has 0 bridgehead atoms. The number of rotatable bonds is 4. The second-order valence-corrected chi connectivity index (χ2v) is 7.36. The smallest absolute Gasteiger partial charge is 0.267 e. The van der Waals surface area contributed by atoms with Gasteiger partial charge in [0.15, 0.2) is 0 Å². The van der Waals surface area contributed by atoms with Crippen LogP contribution in [0.15, 0.2) is 53.4 Å². The third-order valence-electron chi connectivity index (χ3n) is 3.93. The van der Waals surface area contributed by atoms with Gasteiger partial charge in [0.2, 0.25) is 0 Å². The van der Waals surface area contributed by atoms with Crippen LogP contribution in [0.3, 0.4) is 0 Å². The second-order valence-electron chi connectivity index (χ2n) is 5.68. The molecule has 2 aromatic rings. The molecule has 128 valence electrons. The molecule has 6 heteroatoms. The third kappa shape index (κ3) is 3.76. The maximum atomic E-state index is 12.8. The fourth-order valence-corrected chi connectivity index (χ4v) is 3.81. The first-order valence-corrected chi connectivity index (χ1v) is 8.95. The van der Waals surface area contributed by atoms with Gasteiger partial charge in [0.25, 0.3) is 5.91 Å². The summed E-state index contributed by atoms with van der Waals surface area (Å²) in [6, 6.07) is 15.3. The number of nitrogens with two attached hydrogens (primary N) is 1. The van der Waals surface area contributed by atoms with E-state index in [2.05, 4.69) is 0 Å². The summed E-state index contributed by atoms with van der Waals surface area (Å²) in [5, 5.41) is 0. The van der Waals surface area contributed by atoms with Crippen LogP contribution < -0.4 is 10.5 Å². The van der Waals surface area contributed by atoms with Crippen LogP contribution in [-0.4, -0.2) is 22.2 Å². The molecule has 1 atom stereocenters. The summed E-state index contributed by atoms with van der Waals surface area (Å²) in [4.78, 5) is 14.8. The van der Waals surface area contributed by atoms with E-state index < -0.39 is 6.17 Å². The van der Waals surface area contributed by atoms with Gasteiger partial charge in [-0.05, 0) is 36.3 Å². The Morgan fingerprint density at radius 3 is 2.40 bits per heavy atom. The van der Waals surface area contributed by atoms with Gasteiger partial charge in [-0.3, -0.25) is 9.69 Å². The Bertz CT molecular complexity index is 830. The number of nitrogens with zero attached hydrogens (tertiary/aromatic N) is 1. The lowest BCUT2D eigenvalue weighted by Gasteiger charge is -2.23. The monoisotopic (exact) mass is 370 g/mol. The number of ether oxygens (including phenoxy) is 1. The van der Waals surface area contributed by atoms with E-state index in [1.54, 1.807) is 7.11 Å². The molecule has 2 N–H and O–H groups in total. The Morgan fingerprint density at radius 1 is 1.16 bits per heavy atom. The summed E-state index contributed by atoms with van der Waals surface area (Å²) < 4.78 is 5.62. The Hall–Kier alpha value is -2.15. The highest BCUT2D eigenvalue weighted by Crippen LogP contribution is 2.36. The molecule has 1 saturated heterocycles. The van der Waals surface area contributed by atoms with Gasteiger partial charge in [-0.15, -0.1) is 0 Å². The zero-order chi connectivity index (χ0) is 18.0. The molecule has 0 saturated carbocycles. The van der Waals surface area contributed by atoms with Crippen molar-refractivity contribution < 1.29 is 9.53 Å². The Balaban J connectivity index is 1.83. The molecular formula is C19H18N2O2S2. The topological polar surface area (TPSA) is 55.6 Å². The molecule has 3 rings (SSSR count).